The average Bonchev–Trinajstić information content (AvgIpc) is 2.98. The van der Waals surface area contributed by atoms with Gasteiger partial charge in [0.1, 0.15) is 6.04 Å². The minimum Gasteiger partial charge on any atom is -0.465 e. The summed E-state index contributed by atoms with van der Waals surface area (Å²) in [5.74, 6) is -0.390. The van der Waals surface area contributed by atoms with Crippen LogP contribution in [-0.2, 0) is 19.7 Å². The Balaban J connectivity index is 2.12. The van der Waals surface area contributed by atoms with Gasteiger partial charge in [0, 0.05) is 18.9 Å². The fraction of sp³-hybridized carbons (Fsp3) is 0.600. The third kappa shape index (κ3) is 3.04. The summed E-state index contributed by atoms with van der Waals surface area (Å²) in [5.41, 5.74) is 0. The molecule has 1 saturated heterocycles. The molecule has 19 heavy (non-hydrogen) atoms. The summed E-state index contributed by atoms with van der Waals surface area (Å²) in [5, 5.41) is 0. The van der Waals surface area contributed by atoms with Gasteiger partial charge in [0.25, 0.3) is 0 Å². The molecule has 0 aliphatic carbocycles. The summed E-state index contributed by atoms with van der Waals surface area (Å²) in [6.45, 7) is 2.21. The Labute approximate surface area is 111 Å². The van der Waals surface area contributed by atoms with E-state index in [0.717, 1.165) is 4.31 Å². The number of ether oxygens (including phenoxy) is 1. The lowest BCUT2D eigenvalue weighted by atomic mass is 10.2. The lowest BCUT2D eigenvalue weighted by Crippen LogP contribution is -2.44. The maximum absolute atomic E-state index is 12.2. The molecule has 1 aliphatic rings. The molecule has 0 amide bonds. The van der Waals surface area contributed by atoms with Crippen LogP contribution in [-0.4, -0.2) is 47.9 Å². The Morgan fingerprint density at radius 3 is 3.11 bits per heavy atom. The lowest BCUT2D eigenvalue weighted by Gasteiger charge is -2.22. The van der Waals surface area contributed by atoms with E-state index < -0.39 is 22.2 Å². The molecule has 9 heteroatoms. The predicted molar refractivity (Wildman–Crippen MR) is 67.5 cm³/mol. The molecule has 0 spiro atoms. The van der Waals surface area contributed by atoms with E-state index in [1.54, 1.807) is 6.92 Å². The van der Waals surface area contributed by atoms with Crippen LogP contribution >= 0.6 is 0 Å². The van der Waals surface area contributed by atoms with Gasteiger partial charge >= 0.3 is 16.2 Å². The number of hydrogen-bond donors (Lipinski definition) is 2. The summed E-state index contributed by atoms with van der Waals surface area (Å²) in [7, 11) is -3.81. The second-order valence-corrected chi connectivity index (χ2v) is 5.69. The predicted octanol–water partition coefficient (Wildman–Crippen LogP) is 0.0939. The largest absolute Gasteiger partial charge is 0.465 e. The van der Waals surface area contributed by atoms with Crippen LogP contribution in [0.25, 0.3) is 0 Å². The Morgan fingerprint density at radius 2 is 2.47 bits per heavy atom. The number of nitrogens with zero attached hydrogens (tertiary/aromatic N) is 2. The molecule has 0 bridgehead atoms. The minimum atomic E-state index is -3.81. The van der Waals surface area contributed by atoms with Gasteiger partial charge in [0.15, 0.2) is 0 Å². The first kappa shape index (κ1) is 13.8. The molecule has 2 rings (SSSR count). The van der Waals surface area contributed by atoms with Crippen LogP contribution in [0.5, 0.6) is 0 Å². The number of nitrogens with one attached hydrogen (secondary N) is 2. The molecule has 1 unspecified atom stereocenters. The summed E-state index contributed by atoms with van der Waals surface area (Å²) in [6, 6.07) is -0.757. The molecule has 1 aliphatic heterocycles. The van der Waals surface area contributed by atoms with Gasteiger partial charge in [-0.15, -0.1) is 0 Å². The summed E-state index contributed by atoms with van der Waals surface area (Å²) < 4.78 is 32.6. The quantitative estimate of drug-likeness (QED) is 0.747. The number of aromatic nitrogens is 2. The highest BCUT2D eigenvalue weighted by molar-refractivity contribution is 7.90. The van der Waals surface area contributed by atoms with Crippen LogP contribution in [0.1, 0.15) is 19.8 Å². The highest BCUT2D eigenvalue weighted by Gasteiger charge is 2.39. The molecule has 0 aromatic carbocycles. The van der Waals surface area contributed by atoms with Gasteiger partial charge in [-0.05, 0) is 19.8 Å². The normalized spacial score (nSPS) is 20.4. The lowest BCUT2D eigenvalue weighted by molar-refractivity contribution is -0.146. The van der Waals surface area contributed by atoms with Crippen LogP contribution < -0.4 is 4.72 Å². The Bertz CT molecular complexity index is 528. The summed E-state index contributed by atoms with van der Waals surface area (Å²) in [6.07, 6.45) is 4.04. The number of carbonyl (C=O) groups is 1. The zero-order valence-electron chi connectivity index (χ0n) is 10.5. The first-order valence-electron chi connectivity index (χ1n) is 6.00. The van der Waals surface area contributed by atoms with Gasteiger partial charge in [-0.25, -0.2) is 9.71 Å². The number of aromatic amines is 1. The number of hydrogen-bond acceptors (Lipinski definition) is 5. The minimum absolute atomic E-state index is 0.120. The van der Waals surface area contributed by atoms with Crippen LogP contribution in [0.4, 0.5) is 5.95 Å². The maximum Gasteiger partial charge on any atom is 0.324 e. The van der Waals surface area contributed by atoms with Crippen LogP contribution in [0.15, 0.2) is 12.4 Å². The molecule has 0 saturated carbocycles. The van der Waals surface area contributed by atoms with Gasteiger partial charge in [-0.1, -0.05) is 0 Å². The van der Waals surface area contributed by atoms with Crippen molar-refractivity contribution < 1.29 is 17.9 Å². The van der Waals surface area contributed by atoms with Crippen LogP contribution in [0.2, 0.25) is 0 Å². The molecule has 1 aromatic heterocycles. The number of rotatable bonds is 5. The van der Waals surface area contributed by atoms with Crippen molar-refractivity contribution in [3.05, 3.63) is 12.4 Å². The molecule has 1 aromatic rings. The van der Waals surface area contributed by atoms with Crippen molar-refractivity contribution in [3.63, 3.8) is 0 Å². The molecule has 8 nitrogen and oxygen atoms in total. The fourth-order valence-corrected chi connectivity index (χ4v) is 3.37. The van der Waals surface area contributed by atoms with Gasteiger partial charge in [-0.3, -0.25) is 4.79 Å². The van der Waals surface area contributed by atoms with E-state index in [4.69, 9.17) is 4.74 Å². The SMILES string of the molecule is CCOC(=O)C1CCCN1S(=O)(=O)Nc1ncc[nH]1. The number of carbonyl (C=O) groups excluding carboxylic acids is 1. The van der Waals surface area contributed by atoms with E-state index in [1.807, 2.05) is 0 Å². The number of imidazole rings is 1. The number of esters is 1. The first-order valence-corrected chi connectivity index (χ1v) is 7.44. The van der Waals surface area contributed by atoms with E-state index in [-0.39, 0.29) is 12.6 Å². The smallest absolute Gasteiger partial charge is 0.324 e. The molecule has 2 heterocycles. The van der Waals surface area contributed by atoms with Gasteiger partial charge < -0.3 is 9.72 Å². The number of H-pyrrole nitrogens is 1. The monoisotopic (exact) mass is 288 g/mol. The molecular weight excluding hydrogens is 272 g/mol. The van der Waals surface area contributed by atoms with E-state index in [2.05, 4.69) is 14.7 Å². The Kier molecular flexibility index (Phi) is 4.05. The van der Waals surface area contributed by atoms with Crippen molar-refractivity contribution >= 4 is 22.1 Å². The highest BCUT2D eigenvalue weighted by Crippen LogP contribution is 2.22. The molecule has 1 atom stereocenters. The third-order valence-electron chi connectivity index (χ3n) is 2.79. The van der Waals surface area contributed by atoms with Crippen molar-refractivity contribution in [1.29, 1.82) is 0 Å². The van der Waals surface area contributed by atoms with Crippen LogP contribution in [0, 0.1) is 0 Å². The fourth-order valence-electron chi connectivity index (χ4n) is 2.00. The van der Waals surface area contributed by atoms with Crippen molar-refractivity contribution in [2.75, 3.05) is 17.9 Å². The standard InChI is InChI=1S/C10H16N4O4S/c1-2-18-9(15)8-4-3-7-14(8)19(16,17)13-10-11-5-6-12-10/h5-6,8H,2-4,7H2,1H3,(H2,11,12,13). The van der Waals surface area contributed by atoms with Crippen LogP contribution in [0.3, 0.4) is 0 Å². The Hall–Kier alpha value is -1.61. The summed E-state index contributed by atoms with van der Waals surface area (Å²) in [4.78, 5) is 18.2. The molecular formula is C10H16N4O4S. The van der Waals surface area contributed by atoms with Crippen molar-refractivity contribution in [2.45, 2.75) is 25.8 Å². The zero-order valence-corrected chi connectivity index (χ0v) is 11.3. The van der Waals surface area contributed by atoms with Gasteiger partial charge in [0.2, 0.25) is 5.95 Å². The van der Waals surface area contributed by atoms with Gasteiger partial charge in [-0.2, -0.15) is 12.7 Å². The first-order chi connectivity index (χ1) is 9.04. The number of anilines is 1. The van der Waals surface area contributed by atoms with E-state index in [0.29, 0.717) is 19.4 Å². The van der Waals surface area contributed by atoms with Crippen molar-refractivity contribution in [1.82, 2.24) is 14.3 Å². The molecule has 106 valence electrons. The summed E-state index contributed by atoms with van der Waals surface area (Å²) >= 11 is 0. The average molecular weight is 288 g/mol. The maximum atomic E-state index is 12.2. The molecule has 2 N–H and O–H groups in total. The van der Waals surface area contributed by atoms with E-state index in [1.165, 1.54) is 12.4 Å². The topological polar surface area (TPSA) is 104 Å². The van der Waals surface area contributed by atoms with E-state index in [9.17, 15) is 13.2 Å². The van der Waals surface area contributed by atoms with Crippen molar-refractivity contribution in [3.8, 4) is 0 Å². The molecule has 1 fully saturated rings. The Morgan fingerprint density at radius 1 is 1.68 bits per heavy atom. The van der Waals surface area contributed by atoms with Crippen molar-refractivity contribution in [2.24, 2.45) is 0 Å². The second-order valence-electron chi connectivity index (χ2n) is 4.07. The molecule has 0 radical (unpaired) electrons. The van der Waals surface area contributed by atoms with Gasteiger partial charge in [0.05, 0.1) is 6.61 Å². The third-order valence-corrected chi connectivity index (χ3v) is 4.30. The zero-order chi connectivity index (χ0) is 13.9. The van der Waals surface area contributed by atoms with E-state index >= 15 is 0 Å². The highest BCUT2D eigenvalue weighted by atomic mass is 32.2. The second kappa shape index (κ2) is 5.57.